The first-order valence-corrected chi connectivity index (χ1v) is 7.98. The summed E-state index contributed by atoms with van der Waals surface area (Å²) in [6, 6.07) is 5.99. The van der Waals surface area contributed by atoms with Gasteiger partial charge in [0.2, 0.25) is 15.9 Å². The van der Waals surface area contributed by atoms with E-state index in [2.05, 4.69) is 10.0 Å². The van der Waals surface area contributed by atoms with E-state index in [4.69, 9.17) is 5.11 Å². The highest BCUT2D eigenvalue weighted by atomic mass is 32.2. The molecule has 20 heavy (non-hydrogen) atoms. The van der Waals surface area contributed by atoms with Crippen LogP contribution in [0.25, 0.3) is 0 Å². The third-order valence-electron chi connectivity index (χ3n) is 2.59. The van der Waals surface area contributed by atoms with Gasteiger partial charge in [-0.25, -0.2) is 13.1 Å². The summed E-state index contributed by atoms with van der Waals surface area (Å²) in [4.78, 5) is 11.7. The lowest BCUT2D eigenvalue weighted by atomic mass is 10.2. The molecule has 1 aromatic rings. The second-order valence-corrected chi connectivity index (χ2v) is 6.02. The van der Waals surface area contributed by atoms with Crippen molar-refractivity contribution in [3.63, 3.8) is 0 Å². The Hall–Kier alpha value is -1.44. The number of hydrogen-bond donors (Lipinski definition) is 3. The molecule has 0 heterocycles. The van der Waals surface area contributed by atoms with Gasteiger partial charge >= 0.3 is 0 Å². The van der Waals surface area contributed by atoms with Gasteiger partial charge in [-0.1, -0.05) is 6.92 Å². The van der Waals surface area contributed by atoms with Crippen LogP contribution in [0.3, 0.4) is 0 Å². The summed E-state index contributed by atoms with van der Waals surface area (Å²) in [6.45, 7) is 2.11. The Bertz CT molecular complexity index is 526. The van der Waals surface area contributed by atoms with Crippen LogP contribution in [0.4, 0.5) is 5.69 Å². The fourth-order valence-electron chi connectivity index (χ4n) is 1.61. The topological polar surface area (TPSA) is 95.5 Å². The van der Waals surface area contributed by atoms with Gasteiger partial charge < -0.3 is 10.4 Å². The fourth-order valence-corrected chi connectivity index (χ4v) is 2.65. The Morgan fingerprint density at radius 3 is 2.40 bits per heavy atom. The first-order chi connectivity index (χ1) is 9.49. The molecule has 0 aliphatic carbocycles. The van der Waals surface area contributed by atoms with E-state index in [1.165, 1.54) is 12.1 Å². The summed E-state index contributed by atoms with van der Waals surface area (Å²) < 4.78 is 25.8. The number of amides is 1. The van der Waals surface area contributed by atoms with Crippen LogP contribution < -0.4 is 10.0 Å². The summed E-state index contributed by atoms with van der Waals surface area (Å²) in [5.74, 6) is -0.152. The molecule has 112 valence electrons. The molecule has 7 heteroatoms. The normalized spacial score (nSPS) is 11.3. The molecule has 0 atom stereocenters. The Morgan fingerprint density at radius 2 is 1.85 bits per heavy atom. The highest BCUT2D eigenvalue weighted by Crippen LogP contribution is 2.14. The van der Waals surface area contributed by atoms with Crippen molar-refractivity contribution < 1.29 is 18.3 Å². The SMILES string of the molecule is CCNS(=O)(=O)c1ccc(NC(=O)CCCCO)cc1. The van der Waals surface area contributed by atoms with Gasteiger partial charge in [-0.3, -0.25) is 4.79 Å². The molecule has 1 aromatic carbocycles. The Balaban J connectivity index is 2.61. The molecule has 1 amide bonds. The van der Waals surface area contributed by atoms with E-state index in [0.717, 1.165) is 0 Å². The van der Waals surface area contributed by atoms with Crippen LogP contribution in [0.15, 0.2) is 29.2 Å². The zero-order chi connectivity index (χ0) is 15.0. The maximum Gasteiger partial charge on any atom is 0.240 e. The molecule has 0 aromatic heterocycles. The maximum atomic E-state index is 11.7. The number of aliphatic hydroxyl groups excluding tert-OH is 1. The largest absolute Gasteiger partial charge is 0.396 e. The van der Waals surface area contributed by atoms with Gasteiger partial charge in [0.1, 0.15) is 0 Å². The first-order valence-electron chi connectivity index (χ1n) is 6.50. The van der Waals surface area contributed by atoms with Crippen molar-refractivity contribution in [1.82, 2.24) is 4.72 Å². The van der Waals surface area contributed by atoms with E-state index >= 15 is 0 Å². The Labute approximate surface area is 119 Å². The van der Waals surface area contributed by atoms with E-state index in [9.17, 15) is 13.2 Å². The molecular formula is C13H20N2O4S. The predicted molar refractivity (Wildman–Crippen MR) is 76.9 cm³/mol. The molecule has 0 spiro atoms. The number of sulfonamides is 1. The minimum absolute atomic E-state index is 0.0737. The van der Waals surface area contributed by atoms with Crippen molar-refractivity contribution >= 4 is 21.6 Å². The third-order valence-corrected chi connectivity index (χ3v) is 4.16. The van der Waals surface area contributed by atoms with Crippen LogP contribution in [0.2, 0.25) is 0 Å². The lowest BCUT2D eigenvalue weighted by Gasteiger charge is -2.07. The monoisotopic (exact) mass is 300 g/mol. The minimum atomic E-state index is -3.46. The van der Waals surface area contributed by atoms with Crippen LogP contribution in [-0.4, -0.2) is 32.6 Å². The van der Waals surface area contributed by atoms with Crippen molar-refractivity contribution in [3.05, 3.63) is 24.3 Å². The zero-order valence-electron chi connectivity index (χ0n) is 11.4. The predicted octanol–water partition coefficient (Wildman–Crippen LogP) is 1.09. The molecule has 0 unspecified atom stereocenters. The van der Waals surface area contributed by atoms with Crippen molar-refractivity contribution in [1.29, 1.82) is 0 Å². The highest BCUT2D eigenvalue weighted by Gasteiger charge is 2.12. The summed E-state index contributed by atoms with van der Waals surface area (Å²) >= 11 is 0. The molecule has 0 aliphatic heterocycles. The number of carbonyl (C=O) groups excluding carboxylic acids is 1. The number of carbonyl (C=O) groups is 1. The molecule has 0 saturated carbocycles. The van der Waals surface area contributed by atoms with Crippen LogP contribution in [-0.2, 0) is 14.8 Å². The van der Waals surface area contributed by atoms with Gasteiger partial charge in [0.05, 0.1) is 4.90 Å². The number of aliphatic hydroxyl groups is 1. The summed E-state index contributed by atoms with van der Waals surface area (Å²) in [5, 5.41) is 11.3. The quantitative estimate of drug-likeness (QED) is 0.626. The minimum Gasteiger partial charge on any atom is -0.396 e. The maximum absolute atomic E-state index is 11.7. The van der Waals surface area contributed by atoms with Crippen LogP contribution in [0.5, 0.6) is 0 Å². The molecule has 3 N–H and O–H groups in total. The molecule has 0 fully saturated rings. The lowest BCUT2D eigenvalue weighted by molar-refractivity contribution is -0.116. The highest BCUT2D eigenvalue weighted by molar-refractivity contribution is 7.89. The van der Waals surface area contributed by atoms with Crippen LogP contribution >= 0.6 is 0 Å². The number of hydrogen-bond acceptors (Lipinski definition) is 4. The van der Waals surface area contributed by atoms with Gasteiger partial charge in [0, 0.05) is 25.3 Å². The standard InChI is InChI=1S/C13H20N2O4S/c1-2-14-20(18,19)12-8-6-11(7-9-12)15-13(17)5-3-4-10-16/h6-9,14,16H,2-5,10H2,1H3,(H,15,17). The number of anilines is 1. The first kappa shape index (κ1) is 16.6. The second kappa shape index (κ2) is 7.98. The summed E-state index contributed by atoms with van der Waals surface area (Å²) in [7, 11) is -3.46. The summed E-state index contributed by atoms with van der Waals surface area (Å²) in [5.41, 5.74) is 0.550. The molecule has 0 aliphatic rings. The van der Waals surface area contributed by atoms with Crippen molar-refractivity contribution in [2.45, 2.75) is 31.1 Å². The smallest absolute Gasteiger partial charge is 0.240 e. The van der Waals surface area contributed by atoms with E-state index in [0.29, 0.717) is 31.5 Å². The summed E-state index contributed by atoms with van der Waals surface area (Å²) in [6.07, 6.45) is 1.54. The molecular weight excluding hydrogens is 280 g/mol. The number of unbranched alkanes of at least 4 members (excludes halogenated alkanes) is 1. The third kappa shape index (κ3) is 5.28. The number of rotatable bonds is 8. The Morgan fingerprint density at radius 1 is 1.20 bits per heavy atom. The Kier molecular flexibility index (Phi) is 6.63. The second-order valence-electron chi connectivity index (χ2n) is 4.25. The zero-order valence-corrected chi connectivity index (χ0v) is 12.2. The van der Waals surface area contributed by atoms with Crippen LogP contribution in [0, 0.1) is 0 Å². The van der Waals surface area contributed by atoms with Crippen molar-refractivity contribution in [2.24, 2.45) is 0 Å². The van der Waals surface area contributed by atoms with Crippen molar-refractivity contribution in [2.75, 3.05) is 18.5 Å². The van der Waals surface area contributed by atoms with Gasteiger partial charge in [-0.15, -0.1) is 0 Å². The van der Waals surface area contributed by atoms with E-state index in [1.807, 2.05) is 0 Å². The van der Waals surface area contributed by atoms with Gasteiger partial charge in [0.15, 0.2) is 0 Å². The average molecular weight is 300 g/mol. The molecule has 6 nitrogen and oxygen atoms in total. The van der Waals surface area contributed by atoms with E-state index in [-0.39, 0.29) is 17.4 Å². The van der Waals surface area contributed by atoms with Crippen molar-refractivity contribution in [3.8, 4) is 0 Å². The molecule has 0 bridgehead atoms. The van der Waals surface area contributed by atoms with Gasteiger partial charge in [-0.05, 0) is 37.1 Å². The lowest BCUT2D eigenvalue weighted by Crippen LogP contribution is -2.23. The molecule has 0 saturated heterocycles. The number of benzene rings is 1. The molecule has 1 rings (SSSR count). The average Bonchev–Trinajstić information content (AvgIpc) is 2.39. The van der Waals surface area contributed by atoms with Gasteiger partial charge in [-0.2, -0.15) is 0 Å². The fraction of sp³-hybridized carbons (Fsp3) is 0.462. The number of nitrogens with one attached hydrogen (secondary N) is 2. The molecule has 0 radical (unpaired) electrons. The van der Waals surface area contributed by atoms with Crippen LogP contribution in [0.1, 0.15) is 26.2 Å². The van der Waals surface area contributed by atoms with E-state index in [1.54, 1.807) is 19.1 Å². The van der Waals surface area contributed by atoms with E-state index < -0.39 is 10.0 Å². The van der Waals surface area contributed by atoms with Gasteiger partial charge in [0.25, 0.3) is 0 Å².